The summed E-state index contributed by atoms with van der Waals surface area (Å²) in [5, 5.41) is 9.75. The second kappa shape index (κ2) is 5.48. The van der Waals surface area contributed by atoms with Crippen LogP contribution in [0.2, 0.25) is 0 Å². The highest BCUT2D eigenvalue weighted by Crippen LogP contribution is 2.24. The average Bonchev–Trinajstić information content (AvgIpc) is 2.40. The van der Waals surface area contributed by atoms with Gasteiger partial charge in [-0.3, -0.25) is 4.90 Å². The molecule has 0 aromatic carbocycles. The highest BCUT2D eigenvalue weighted by atomic mass is 16.3. The standard InChI is InChI=1S/C13H28N2O/c1-13(2,3)6-7-15-10-12(16)8-11(15)9-14(4)5/h11-12,16H,6-10H2,1-5H3. The molecule has 0 spiro atoms. The Kier molecular flexibility index (Phi) is 4.77. The Hall–Kier alpha value is -0.120. The number of likely N-dealkylation sites (tertiary alicyclic amines) is 1. The summed E-state index contributed by atoms with van der Waals surface area (Å²) in [6, 6.07) is 0.535. The van der Waals surface area contributed by atoms with Gasteiger partial charge in [-0.2, -0.15) is 0 Å². The van der Waals surface area contributed by atoms with Gasteiger partial charge in [-0.25, -0.2) is 0 Å². The quantitative estimate of drug-likeness (QED) is 0.788. The molecule has 0 aromatic heterocycles. The van der Waals surface area contributed by atoms with Gasteiger partial charge in [0.25, 0.3) is 0 Å². The van der Waals surface area contributed by atoms with E-state index in [1.54, 1.807) is 0 Å². The van der Waals surface area contributed by atoms with Crippen LogP contribution in [0.25, 0.3) is 0 Å². The van der Waals surface area contributed by atoms with Crippen molar-refractivity contribution in [3.05, 3.63) is 0 Å². The van der Waals surface area contributed by atoms with E-state index < -0.39 is 0 Å². The molecule has 0 saturated carbocycles. The third-order valence-electron chi connectivity index (χ3n) is 3.23. The van der Waals surface area contributed by atoms with Crippen molar-refractivity contribution in [3.63, 3.8) is 0 Å². The van der Waals surface area contributed by atoms with Crippen LogP contribution in [-0.4, -0.2) is 60.8 Å². The van der Waals surface area contributed by atoms with E-state index in [0.29, 0.717) is 11.5 Å². The number of aliphatic hydroxyl groups excluding tert-OH is 1. The van der Waals surface area contributed by atoms with E-state index in [2.05, 4.69) is 44.7 Å². The molecule has 2 unspecified atom stereocenters. The van der Waals surface area contributed by atoms with E-state index in [9.17, 15) is 5.11 Å². The number of hydrogen-bond donors (Lipinski definition) is 1. The van der Waals surface area contributed by atoms with Crippen LogP contribution < -0.4 is 0 Å². The molecule has 1 fully saturated rings. The van der Waals surface area contributed by atoms with Crippen molar-refractivity contribution in [1.82, 2.24) is 9.80 Å². The summed E-state index contributed by atoms with van der Waals surface area (Å²) < 4.78 is 0. The van der Waals surface area contributed by atoms with E-state index in [1.165, 1.54) is 6.42 Å². The number of aliphatic hydroxyl groups is 1. The molecule has 3 heteroatoms. The first kappa shape index (κ1) is 13.9. The zero-order valence-corrected chi connectivity index (χ0v) is 11.5. The minimum atomic E-state index is -0.120. The lowest BCUT2D eigenvalue weighted by Gasteiger charge is -2.29. The van der Waals surface area contributed by atoms with E-state index in [-0.39, 0.29) is 6.10 Å². The Morgan fingerprint density at radius 3 is 2.44 bits per heavy atom. The highest BCUT2D eigenvalue weighted by Gasteiger charge is 2.31. The third-order valence-corrected chi connectivity index (χ3v) is 3.23. The van der Waals surface area contributed by atoms with E-state index in [1.807, 2.05) is 0 Å². The van der Waals surface area contributed by atoms with Crippen molar-refractivity contribution >= 4 is 0 Å². The summed E-state index contributed by atoms with van der Waals surface area (Å²) in [6.45, 7) is 9.86. The maximum absolute atomic E-state index is 9.75. The van der Waals surface area contributed by atoms with Gasteiger partial charge >= 0.3 is 0 Å². The second-order valence-electron chi connectivity index (χ2n) is 6.61. The fraction of sp³-hybridized carbons (Fsp3) is 1.00. The van der Waals surface area contributed by atoms with Crippen LogP contribution in [0.4, 0.5) is 0 Å². The molecule has 3 nitrogen and oxygen atoms in total. The normalized spacial score (nSPS) is 27.9. The number of hydrogen-bond acceptors (Lipinski definition) is 3. The summed E-state index contributed by atoms with van der Waals surface area (Å²) in [5.74, 6) is 0. The molecule has 1 heterocycles. The second-order valence-corrected chi connectivity index (χ2v) is 6.61. The van der Waals surface area contributed by atoms with E-state index >= 15 is 0 Å². The Bertz CT molecular complexity index is 210. The molecule has 1 aliphatic rings. The molecule has 2 atom stereocenters. The lowest BCUT2D eigenvalue weighted by Crippen LogP contribution is -2.39. The molecule has 1 rings (SSSR count). The molecule has 0 bridgehead atoms. The lowest BCUT2D eigenvalue weighted by atomic mass is 9.92. The van der Waals surface area contributed by atoms with Crippen molar-refractivity contribution in [2.24, 2.45) is 5.41 Å². The van der Waals surface area contributed by atoms with Crippen molar-refractivity contribution < 1.29 is 5.11 Å². The number of nitrogens with zero attached hydrogens (tertiary/aromatic N) is 2. The lowest BCUT2D eigenvalue weighted by molar-refractivity contribution is 0.161. The van der Waals surface area contributed by atoms with Crippen molar-refractivity contribution in [2.75, 3.05) is 33.7 Å². The molecule has 0 amide bonds. The number of β-amino-alcohol motifs (C(OH)–C–C–N with tert-alkyl or cyclic N) is 1. The highest BCUT2D eigenvalue weighted by molar-refractivity contribution is 4.87. The van der Waals surface area contributed by atoms with Gasteiger partial charge in [-0.05, 0) is 38.9 Å². The van der Waals surface area contributed by atoms with Crippen LogP contribution in [0.15, 0.2) is 0 Å². The third kappa shape index (κ3) is 4.81. The molecular formula is C13H28N2O. The molecule has 1 saturated heterocycles. The van der Waals surface area contributed by atoms with Crippen LogP contribution >= 0.6 is 0 Å². The summed E-state index contributed by atoms with van der Waals surface area (Å²) in [6.07, 6.45) is 2.01. The predicted molar refractivity (Wildman–Crippen MR) is 68.6 cm³/mol. The fourth-order valence-electron chi connectivity index (χ4n) is 2.32. The average molecular weight is 228 g/mol. The number of rotatable bonds is 4. The van der Waals surface area contributed by atoms with Crippen molar-refractivity contribution in [2.45, 2.75) is 45.8 Å². The minimum absolute atomic E-state index is 0.120. The maximum atomic E-state index is 9.75. The maximum Gasteiger partial charge on any atom is 0.0682 e. The molecule has 16 heavy (non-hydrogen) atoms. The van der Waals surface area contributed by atoms with Crippen LogP contribution in [0, 0.1) is 5.41 Å². The Balaban J connectivity index is 2.43. The monoisotopic (exact) mass is 228 g/mol. The molecule has 96 valence electrons. The van der Waals surface area contributed by atoms with Crippen LogP contribution in [-0.2, 0) is 0 Å². The Labute approximate surface area is 100 Å². The Morgan fingerprint density at radius 2 is 1.94 bits per heavy atom. The first-order chi connectivity index (χ1) is 7.28. The topological polar surface area (TPSA) is 26.7 Å². The first-order valence-electron chi connectivity index (χ1n) is 6.35. The largest absolute Gasteiger partial charge is 0.392 e. The van der Waals surface area contributed by atoms with Gasteiger partial charge in [0.1, 0.15) is 0 Å². The summed E-state index contributed by atoms with van der Waals surface area (Å²) >= 11 is 0. The van der Waals surface area contributed by atoms with Gasteiger partial charge in [0.05, 0.1) is 6.10 Å². The fourth-order valence-corrected chi connectivity index (χ4v) is 2.32. The van der Waals surface area contributed by atoms with Crippen LogP contribution in [0.1, 0.15) is 33.6 Å². The van der Waals surface area contributed by atoms with Gasteiger partial charge in [0.2, 0.25) is 0 Å². The van der Waals surface area contributed by atoms with E-state index in [4.69, 9.17) is 0 Å². The van der Waals surface area contributed by atoms with Crippen LogP contribution in [0.5, 0.6) is 0 Å². The van der Waals surface area contributed by atoms with Crippen molar-refractivity contribution in [3.8, 4) is 0 Å². The molecular weight excluding hydrogens is 200 g/mol. The number of likely N-dealkylation sites (N-methyl/N-ethyl adjacent to an activating group) is 1. The van der Waals surface area contributed by atoms with Crippen LogP contribution in [0.3, 0.4) is 0 Å². The van der Waals surface area contributed by atoms with Gasteiger partial charge < -0.3 is 10.0 Å². The van der Waals surface area contributed by atoms with Gasteiger partial charge in [0, 0.05) is 19.1 Å². The molecule has 0 radical (unpaired) electrons. The van der Waals surface area contributed by atoms with Gasteiger partial charge in [-0.1, -0.05) is 20.8 Å². The predicted octanol–water partition coefficient (Wildman–Crippen LogP) is 1.42. The van der Waals surface area contributed by atoms with Gasteiger partial charge in [0.15, 0.2) is 0 Å². The summed E-state index contributed by atoms with van der Waals surface area (Å²) in [7, 11) is 4.21. The molecule has 0 aliphatic carbocycles. The zero-order valence-electron chi connectivity index (χ0n) is 11.5. The molecule has 1 N–H and O–H groups in total. The first-order valence-corrected chi connectivity index (χ1v) is 6.35. The smallest absolute Gasteiger partial charge is 0.0682 e. The Morgan fingerprint density at radius 1 is 1.31 bits per heavy atom. The molecule has 1 aliphatic heterocycles. The summed E-state index contributed by atoms with van der Waals surface area (Å²) in [4.78, 5) is 4.67. The SMILES string of the molecule is CN(C)CC1CC(O)CN1CCC(C)(C)C. The zero-order chi connectivity index (χ0) is 12.3. The summed E-state index contributed by atoms with van der Waals surface area (Å²) in [5.41, 5.74) is 0.385. The minimum Gasteiger partial charge on any atom is -0.392 e. The van der Waals surface area contributed by atoms with Crippen molar-refractivity contribution in [1.29, 1.82) is 0 Å². The van der Waals surface area contributed by atoms with Gasteiger partial charge in [-0.15, -0.1) is 0 Å². The molecule has 0 aromatic rings. The van der Waals surface area contributed by atoms with E-state index in [0.717, 1.165) is 26.1 Å².